The third-order valence-corrected chi connectivity index (χ3v) is 6.50. The number of aromatic nitrogens is 2. The molecule has 0 bridgehead atoms. The number of urea groups is 1. The summed E-state index contributed by atoms with van der Waals surface area (Å²) in [5.41, 5.74) is 4.19. The fourth-order valence-electron chi connectivity index (χ4n) is 4.51. The number of hydrogen-bond donors (Lipinski definition) is 1. The molecule has 1 aliphatic rings. The summed E-state index contributed by atoms with van der Waals surface area (Å²) in [6.45, 7) is 8.00. The predicted molar refractivity (Wildman–Crippen MR) is 136 cm³/mol. The SMILES string of the molecule is CC(C)COc1ccc(CNC(=O)N(Cc2cn(C)c3cccnc23)C2CCN(C)CC2)cc1. The van der Waals surface area contributed by atoms with Crippen LogP contribution in [-0.4, -0.2) is 58.2 Å². The summed E-state index contributed by atoms with van der Waals surface area (Å²) in [5, 5.41) is 3.16. The topological polar surface area (TPSA) is 62.6 Å². The lowest BCUT2D eigenvalue weighted by Crippen LogP contribution is -2.49. The Hall–Kier alpha value is -3.06. The molecule has 0 radical (unpaired) electrons. The summed E-state index contributed by atoms with van der Waals surface area (Å²) in [7, 11) is 4.17. The monoisotopic (exact) mass is 463 g/mol. The van der Waals surface area contributed by atoms with E-state index in [1.54, 1.807) is 0 Å². The molecule has 7 nitrogen and oxygen atoms in total. The van der Waals surface area contributed by atoms with E-state index in [-0.39, 0.29) is 12.1 Å². The normalized spacial score (nSPS) is 15.1. The molecule has 34 heavy (non-hydrogen) atoms. The van der Waals surface area contributed by atoms with Crippen molar-refractivity contribution < 1.29 is 9.53 Å². The second-order valence-corrected chi connectivity index (χ2v) is 9.81. The molecular weight excluding hydrogens is 426 g/mol. The van der Waals surface area contributed by atoms with Crippen molar-refractivity contribution in [3.63, 3.8) is 0 Å². The van der Waals surface area contributed by atoms with Gasteiger partial charge in [0, 0.05) is 37.6 Å². The first kappa shape index (κ1) is 24.1. The minimum Gasteiger partial charge on any atom is -0.493 e. The van der Waals surface area contributed by atoms with E-state index in [1.165, 1.54) is 0 Å². The number of rotatable bonds is 8. The fourth-order valence-corrected chi connectivity index (χ4v) is 4.51. The van der Waals surface area contributed by atoms with E-state index < -0.39 is 0 Å². The molecule has 7 heteroatoms. The standard InChI is InChI=1S/C27H37N5O2/c1-20(2)19-34-24-9-7-21(8-10-24)16-29-27(33)32(23-11-14-30(3)15-12-23)18-22-17-31(4)25-6-5-13-28-26(22)25/h5-10,13,17,20,23H,11-12,14-16,18-19H2,1-4H3,(H,29,33). The highest BCUT2D eigenvalue weighted by molar-refractivity contribution is 5.80. The van der Waals surface area contributed by atoms with Gasteiger partial charge in [-0.15, -0.1) is 0 Å². The van der Waals surface area contributed by atoms with Crippen LogP contribution in [0.2, 0.25) is 0 Å². The van der Waals surface area contributed by atoms with Crippen LogP contribution in [-0.2, 0) is 20.1 Å². The zero-order valence-corrected chi connectivity index (χ0v) is 20.8. The van der Waals surface area contributed by atoms with Crippen molar-refractivity contribution in [1.82, 2.24) is 24.7 Å². The summed E-state index contributed by atoms with van der Waals surface area (Å²) in [5.74, 6) is 1.35. The molecule has 2 amide bonds. The van der Waals surface area contributed by atoms with E-state index in [2.05, 4.69) is 52.9 Å². The first-order valence-corrected chi connectivity index (χ1v) is 12.2. The number of ether oxygens (including phenoxy) is 1. The number of nitrogens with one attached hydrogen (secondary N) is 1. The van der Waals surface area contributed by atoms with Crippen molar-refractivity contribution in [2.24, 2.45) is 13.0 Å². The Morgan fingerprint density at radius 3 is 2.62 bits per heavy atom. The van der Waals surface area contributed by atoms with Gasteiger partial charge >= 0.3 is 6.03 Å². The van der Waals surface area contributed by atoms with Gasteiger partial charge in [-0.2, -0.15) is 0 Å². The average molecular weight is 464 g/mol. The molecule has 0 aliphatic carbocycles. The molecule has 0 unspecified atom stereocenters. The van der Waals surface area contributed by atoms with Gasteiger partial charge in [-0.1, -0.05) is 26.0 Å². The number of amides is 2. The largest absolute Gasteiger partial charge is 0.493 e. The Labute approximate surface area is 202 Å². The van der Waals surface area contributed by atoms with Crippen molar-refractivity contribution >= 4 is 17.1 Å². The van der Waals surface area contributed by atoms with Crippen LogP contribution in [0.1, 0.15) is 37.8 Å². The van der Waals surface area contributed by atoms with Crippen LogP contribution in [0, 0.1) is 5.92 Å². The van der Waals surface area contributed by atoms with Crippen LogP contribution >= 0.6 is 0 Å². The second-order valence-electron chi connectivity index (χ2n) is 9.81. The number of pyridine rings is 1. The zero-order valence-electron chi connectivity index (χ0n) is 20.8. The minimum atomic E-state index is -0.0254. The molecule has 3 aromatic rings. The lowest BCUT2D eigenvalue weighted by molar-refractivity contribution is 0.127. The molecule has 1 aliphatic heterocycles. The number of carbonyl (C=O) groups excluding carboxylic acids is 1. The lowest BCUT2D eigenvalue weighted by atomic mass is 10.0. The van der Waals surface area contributed by atoms with Crippen molar-refractivity contribution in [2.45, 2.75) is 45.8 Å². The number of benzene rings is 1. The quantitative estimate of drug-likeness (QED) is 0.537. The molecule has 0 saturated carbocycles. The first-order valence-electron chi connectivity index (χ1n) is 12.2. The smallest absolute Gasteiger partial charge is 0.318 e. The van der Waals surface area contributed by atoms with Gasteiger partial charge < -0.3 is 24.4 Å². The Kier molecular flexibility index (Phi) is 7.73. The Morgan fingerprint density at radius 1 is 1.18 bits per heavy atom. The summed E-state index contributed by atoms with van der Waals surface area (Å²) >= 11 is 0. The van der Waals surface area contributed by atoms with Crippen LogP contribution in [0.15, 0.2) is 48.8 Å². The predicted octanol–water partition coefficient (Wildman–Crippen LogP) is 4.41. The molecule has 4 rings (SSSR count). The van der Waals surface area contributed by atoms with Crippen LogP contribution in [0.5, 0.6) is 5.75 Å². The number of likely N-dealkylation sites (tertiary alicyclic amines) is 1. The molecule has 2 aromatic heterocycles. The molecule has 0 spiro atoms. The van der Waals surface area contributed by atoms with Gasteiger partial charge in [0.1, 0.15) is 5.75 Å². The van der Waals surface area contributed by atoms with E-state index in [0.29, 0.717) is 25.6 Å². The number of hydrogen-bond acceptors (Lipinski definition) is 4. The molecule has 1 fully saturated rings. The molecule has 1 aromatic carbocycles. The second kappa shape index (κ2) is 10.9. The lowest BCUT2D eigenvalue weighted by Gasteiger charge is -2.37. The maximum Gasteiger partial charge on any atom is 0.318 e. The van der Waals surface area contributed by atoms with Gasteiger partial charge in [-0.05, 0) is 68.7 Å². The maximum absolute atomic E-state index is 13.4. The van der Waals surface area contributed by atoms with Gasteiger partial charge in [-0.25, -0.2) is 4.79 Å². The Morgan fingerprint density at radius 2 is 1.91 bits per heavy atom. The van der Waals surface area contributed by atoms with Crippen LogP contribution in [0.25, 0.3) is 11.0 Å². The highest BCUT2D eigenvalue weighted by Crippen LogP contribution is 2.24. The maximum atomic E-state index is 13.4. The fraction of sp³-hybridized carbons (Fsp3) is 0.481. The van der Waals surface area contributed by atoms with Crippen molar-refractivity contribution in [2.75, 3.05) is 26.7 Å². The molecule has 1 N–H and O–H groups in total. The molecular formula is C27H37N5O2. The number of piperidine rings is 1. The van der Waals surface area contributed by atoms with Crippen molar-refractivity contribution in [3.8, 4) is 5.75 Å². The minimum absolute atomic E-state index is 0.0254. The van der Waals surface area contributed by atoms with Gasteiger partial charge in [0.05, 0.1) is 24.2 Å². The molecule has 0 atom stereocenters. The van der Waals surface area contributed by atoms with Gasteiger partial charge in [-0.3, -0.25) is 4.98 Å². The third-order valence-electron chi connectivity index (χ3n) is 6.50. The van der Waals surface area contributed by atoms with E-state index in [1.807, 2.05) is 48.5 Å². The summed E-state index contributed by atoms with van der Waals surface area (Å²) in [6, 6.07) is 12.2. The number of nitrogens with zero attached hydrogens (tertiary/aromatic N) is 4. The summed E-state index contributed by atoms with van der Waals surface area (Å²) < 4.78 is 7.86. The van der Waals surface area contributed by atoms with Crippen molar-refractivity contribution in [1.29, 1.82) is 0 Å². The Balaban J connectivity index is 1.45. The third kappa shape index (κ3) is 5.89. The van der Waals surface area contributed by atoms with Gasteiger partial charge in [0.25, 0.3) is 0 Å². The zero-order chi connectivity index (χ0) is 24.1. The Bertz CT molecular complexity index is 1080. The van der Waals surface area contributed by atoms with Gasteiger partial charge in [0.2, 0.25) is 0 Å². The number of fused-ring (bicyclic) bond motifs is 1. The van der Waals surface area contributed by atoms with Crippen molar-refractivity contribution in [3.05, 3.63) is 59.9 Å². The van der Waals surface area contributed by atoms with Crippen LogP contribution < -0.4 is 10.1 Å². The van der Waals surface area contributed by atoms with E-state index in [4.69, 9.17) is 4.74 Å². The summed E-state index contributed by atoms with van der Waals surface area (Å²) in [4.78, 5) is 22.4. The van der Waals surface area contributed by atoms with Crippen LogP contribution in [0.4, 0.5) is 4.79 Å². The molecule has 182 valence electrons. The number of aryl methyl sites for hydroxylation is 1. The highest BCUT2D eigenvalue weighted by atomic mass is 16.5. The molecule has 3 heterocycles. The average Bonchev–Trinajstić information content (AvgIpc) is 3.16. The first-order chi connectivity index (χ1) is 16.4. The number of carbonyl (C=O) groups is 1. The van der Waals surface area contributed by atoms with E-state index in [9.17, 15) is 4.79 Å². The highest BCUT2D eigenvalue weighted by Gasteiger charge is 2.28. The molecule has 1 saturated heterocycles. The van der Waals surface area contributed by atoms with E-state index >= 15 is 0 Å². The van der Waals surface area contributed by atoms with Crippen LogP contribution in [0.3, 0.4) is 0 Å². The van der Waals surface area contributed by atoms with E-state index in [0.717, 1.165) is 53.8 Å². The van der Waals surface area contributed by atoms with Gasteiger partial charge in [0.15, 0.2) is 0 Å². The summed E-state index contributed by atoms with van der Waals surface area (Å²) in [6.07, 6.45) is 5.87.